The zero-order valence-electron chi connectivity index (χ0n) is 9.53. The molecular weight excluding hydrogens is 194 g/mol. The number of rotatable bonds is 5. The summed E-state index contributed by atoms with van der Waals surface area (Å²) in [5, 5.41) is 11.6. The molecule has 1 heterocycles. The van der Waals surface area contributed by atoms with Crippen molar-refractivity contribution in [2.75, 3.05) is 19.8 Å². The quantitative estimate of drug-likeness (QED) is 0.704. The van der Waals surface area contributed by atoms with Gasteiger partial charge >= 0.3 is 0 Å². The van der Waals surface area contributed by atoms with Gasteiger partial charge in [0, 0.05) is 13.2 Å². The van der Waals surface area contributed by atoms with Gasteiger partial charge in [-0.2, -0.15) is 0 Å². The molecule has 1 rings (SSSR count). The van der Waals surface area contributed by atoms with Gasteiger partial charge in [0.1, 0.15) is 0 Å². The minimum Gasteiger partial charge on any atom is -0.396 e. The first kappa shape index (κ1) is 12.5. The molecule has 1 aliphatic rings. The summed E-state index contributed by atoms with van der Waals surface area (Å²) in [6, 6.07) is 0. The molecule has 15 heavy (non-hydrogen) atoms. The van der Waals surface area contributed by atoms with Crippen LogP contribution in [0.1, 0.15) is 26.7 Å². The summed E-state index contributed by atoms with van der Waals surface area (Å²) in [5.74, 6) is 0.434. The Morgan fingerprint density at radius 3 is 2.93 bits per heavy atom. The van der Waals surface area contributed by atoms with Crippen LogP contribution in [0.5, 0.6) is 0 Å². The lowest BCUT2D eigenvalue weighted by Crippen LogP contribution is -2.34. The van der Waals surface area contributed by atoms with E-state index in [4.69, 9.17) is 9.84 Å². The Bertz CT molecular complexity index is 208. The van der Waals surface area contributed by atoms with Crippen molar-refractivity contribution in [3.05, 3.63) is 0 Å². The molecule has 1 aliphatic heterocycles. The molecule has 0 aromatic rings. The molecule has 1 amide bonds. The van der Waals surface area contributed by atoms with Crippen LogP contribution in [-0.2, 0) is 9.53 Å². The van der Waals surface area contributed by atoms with Crippen LogP contribution in [-0.4, -0.2) is 36.9 Å². The van der Waals surface area contributed by atoms with Crippen LogP contribution >= 0.6 is 0 Å². The number of carbonyl (C=O) groups is 1. The molecule has 4 nitrogen and oxygen atoms in total. The molecule has 0 bridgehead atoms. The fourth-order valence-corrected chi connectivity index (χ4v) is 1.74. The number of nitrogens with one attached hydrogen (secondary N) is 1. The molecule has 0 aromatic heterocycles. The van der Waals surface area contributed by atoms with Crippen molar-refractivity contribution in [3.8, 4) is 0 Å². The number of hydrogen-bond donors (Lipinski definition) is 2. The van der Waals surface area contributed by atoms with Crippen LogP contribution in [0, 0.1) is 11.8 Å². The van der Waals surface area contributed by atoms with E-state index in [9.17, 15) is 4.79 Å². The first-order valence-electron chi connectivity index (χ1n) is 5.63. The number of aliphatic hydroxyl groups is 1. The van der Waals surface area contributed by atoms with Gasteiger partial charge in [-0.15, -0.1) is 0 Å². The van der Waals surface area contributed by atoms with Gasteiger partial charge in [-0.05, 0) is 25.7 Å². The fourth-order valence-electron chi connectivity index (χ4n) is 1.74. The Morgan fingerprint density at radius 2 is 2.40 bits per heavy atom. The Labute approximate surface area is 91.0 Å². The lowest BCUT2D eigenvalue weighted by atomic mass is 10.0. The normalized spacial score (nSPS) is 27.7. The van der Waals surface area contributed by atoms with Crippen molar-refractivity contribution < 1.29 is 14.6 Å². The Balaban J connectivity index is 2.18. The van der Waals surface area contributed by atoms with Crippen LogP contribution in [0.3, 0.4) is 0 Å². The predicted molar refractivity (Wildman–Crippen MR) is 57.4 cm³/mol. The van der Waals surface area contributed by atoms with E-state index >= 15 is 0 Å². The van der Waals surface area contributed by atoms with Crippen LogP contribution in [0.15, 0.2) is 0 Å². The van der Waals surface area contributed by atoms with Crippen LogP contribution in [0.4, 0.5) is 0 Å². The lowest BCUT2D eigenvalue weighted by molar-refractivity contribution is -0.125. The van der Waals surface area contributed by atoms with Crippen molar-refractivity contribution in [3.63, 3.8) is 0 Å². The summed E-state index contributed by atoms with van der Waals surface area (Å²) in [7, 11) is 0. The third-order valence-electron chi connectivity index (χ3n) is 2.82. The summed E-state index contributed by atoms with van der Waals surface area (Å²) in [6.45, 7) is 5.37. The number of aliphatic hydroxyl groups excluding tert-OH is 1. The largest absolute Gasteiger partial charge is 0.396 e. The number of ether oxygens (including phenoxy) is 1. The van der Waals surface area contributed by atoms with Gasteiger partial charge in [-0.3, -0.25) is 4.79 Å². The molecule has 0 aromatic carbocycles. The van der Waals surface area contributed by atoms with E-state index in [1.165, 1.54) is 0 Å². The highest BCUT2D eigenvalue weighted by atomic mass is 16.5. The molecule has 2 N–H and O–H groups in total. The van der Waals surface area contributed by atoms with E-state index in [1.54, 1.807) is 0 Å². The van der Waals surface area contributed by atoms with E-state index in [0.717, 1.165) is 12.8 Å². The second-order valence-electron chi connectivity index (χ2n) is 4.44. The first-order chi connectivity index (χ1) is 7.13. The molecule has 4 heteroatoms. The maximum atomic E-state index is 11.6. The minimum atomic E-state index is 0.0151. The molecule has 0 aliphatic carbocycles. The standard InChI is InChI=1S/C11H21NO3/c1-8(3-4-13)6-12-11(14)10-5-9(2)15-7-10/h8-10,13H,3-7H2,1-2H3,(H,12,14). The van der Waals surface area contributed by atoms with Gasteiger partial charge in [0.05, 0.1) is 18.6 Å². The molecule has 3 unspecified atom stereocenters. The summed E-state index contributed by atoms with van der Waals surface area (Å²) < 4.78 is 5.34. The molecule has 0 spiro atoms. The van der Waals surface area contributed by atoms with Crippen molar-refractivity contribution in [2.24, 2.45) is 11.8 Å². The van der Waals surface area contributed by atoms with Gasteiger partial charge < -0.3 is 15.2 Å². The smallest absolute Gasteiger partial charge is 0.225 e. The monoisotopic (exact) mass is 215 g/mol. The third-order valence-corrected chi connectivity index (χ3v) is 2.82. The van der Waals surface area contributed by atoms with Crippen molar-refractivity contribution in [1.82, 2.24) is 5.32 Å². The summed E-state index contributed by atoms with van der Waals surface area (Å²) in [6.07, 6.45) is 1.76. The highest BCUT2D eigenvalue weighted by Crippen LogP contribution is 2.18. The molecule has 1 saturated heterocycles. The van der Waals surface area contributed by atoms with Gasteiger partial charge in [-0.25, -0.2) is 0 Å². The SMILES string of the molecule is CC(CCO)CNC(=O)C1COC(C)C1. The molecule has 1 fully saturated rings. The molecule has 3 atom stereocenters. The molecule has 0 saturated carbocycles. The van der Waals surface area contributed by atoms with Crippen molar-refractivity contribution in [1.29, 1.82) is 0 Å². The Kier molecular flexibility index (Phi) is 5.05. The van der Waals surface area contributed by atoms with Crippen molar-refractivity contribution >= 4 is 5.91 Å². The molecular formula is C11H21NO3. The minimum absolute atomic E-state index is 0.0151. The number of amides is 1. The zero-order chi connectivity index (χ0) is 11.3. The Morgan fingerprint density at radius 1 is 1.67 bits per heavy atom. The van der Waals surface area contributed by atoms with E-state index in [1.807, 2.05) is 13.8 Å². The topological polar surface area (TPSA) is 58.6 Å². The zero-order valence-corrected chi connectivity index (χ0v) is 9.53. The van der Waals surface area contributed by atoms with Gasteiger partial charge in [0.2, 0.25) is 5.91 Å². The third kappa shape index (κ3) is 4.18. The van der Waals surface area contributed by atoms with E-state index in [2.05, 4.69) is 5.32 Å². The maximum Gasteiger partial charge on any atom is 0.225 e. The predicted octanol–water partition coefficient (Wildman–Crippen LogP) is 0.546. The summed E-state index contributed by atoms with van der Waals surface area (Å²) in [4.78, 5) is 11.6. The van der Waals surface area contributed by atoms with Crippen molar-refractivity contribution in [2.45, 2.75) is 32.8 Å². The average Bonchev–Trinajstić information content (AvgIpc) is 2.62. The molecule has 0 radical (unpaired) electrons. The number of hydrogen-bond acceptors (Lipinski definition) is 3. The first-order valence-corrected chi connectivity index (χ1v) is 5.63. The van der Waals surface area contributed by atoms with Gasteiger partial charge in [0.15, 0.2) is 0 Å². The Hall–Kier alpha value is -0.610. The molecule has 88 valence electrons. The lowest BCUT2D eigenvalue weighted by Gasteiger charge is -2.13. The fraction of sp³-hybridized carbons (Fsp3) is 0.909. The van der Waals surface area contributed by atoms with Crippen LogP contribution < -0.4 is 5.32 Å². The second-order valence-corrected chi connectivity index (χ2v) is 4.44. The van der Waals surface area contributed by atoms with Gasteiger partial charge in [-0.1, -0.05) is 6.92 Å². The summed E-state index contributed by atoms with van der Waals surface area (Å²) in [5.41, 5.74) is 0. The maximum absolute atomic E-state index is 11.6. The van der Waals surface area contributed by atoms with Crippen LogP contribution in [0.25, 0.3) is 0 Å². The second kappa shape index (κ2) is 6.08. The highest BCUT2D eigenvalue weighted by molar-refractivity contribution is 5.79. The van der Waals surface area contributed by atoms with E-state index < -0.39 is 0 Å². The van der Waals surface area contributed by atoms with E-state index in [0.29, 0.717) is 19.1 Å². The number of carbonyl (C=O) groups excluding carboxylic acids is 1. The average molecular weight is 215 g/mol. The van der Waals surface area contributed by atoms with Crippen LogP contribution in [0.2, 0.25) is 0 Å². The summed E-state index contributed by atoms with van der Waals surface area (Å²) >= 11 is 0. The highest BCUT2D eigenvalue weighted by Gasteiger charge is 2.27. The van der Waals surface area contributed by atoms with E-state index in [-0.39, 0.29) is 24.5 Å². The van der Waals surface area contributed by atoms with Gasteiger partial charge in [0.25, 0.3) is 0 Å².